The van der Waals surface area contributed by atoms with Crippen molar-refractivity contribution in [2.24, 2.45) is 0 Å². The molecule has 156 valence electrons. The van der Waals surface area contributed by atoms with Gasteiger partial charge < -0.3 is 24.6 Å². The lowest BCUT2D eigenvalue weighted by Crippen LogP contribution is -3.29. The molecule has 0 unspecified atom stereocenters. The van der Waals surface area contributed by atoms with Crippen LogP contribution in [0.15, 0.2) is 42.5 Å². The zero-order valence-corrected chi connectivity index (χ0v) is 17.3. The monoisotopic (exact) mass is 403 g/mol. The first kappa shape index (κ1) is 21.1. The number of carbonyl (C=O) groups is 1. The Hall–Kier alpha value is -2.64. The standard InChI is InChI=1S/C22H28FN3O3/c1-16(22(27)24-19-6-4-5-7-21(19)29-3)26-12-10-25(11-13-26)15-17-14-18(23)8-9-20(17)28-2/h4-9,14,16H,10-13,15H2,1-3H3,(H,24,27)/p+2/t16-/m1/s1. The van der Waals surface area contributed by atoms with E-state index in [1.165, 1.54) is 15.9 Å². The maximum Gasteiger partial charge on any atom is 0.282 e. The van der Waals surface area contributed by atoms with E-state index in [9.17, 15) is 9.18 Å². The van der Waals surface area contributed by atoms with Crippen LogP contribution in [0.3, 0.4) is 0 Å². The van der Waals surface area contributed by atoms with Crippen LogP contribution in [-0.2, 0) is 11.3 Å². The van der Waals surface area contributed by atoms with Gasteiger partial charge in [0, 0.05) is 0 Å². The lowest BCUT2D eigenvalue weighted by molar-refractivity contribution is -1.02. The average molecular weight is 403 g/mol. The molecule has 1 heterocycles. The number of anilines is 1. The molecular weight excluding hydrogens is 373 g/mol. The zero-order chi connectivity index (χ0) is 20.8. The third kappa shape index (κ3) is 5.25. The predicted octanol–water partition coefficient (Wildman–Crippen LogP) is 0.154. The molecule has 2 aromatic carbocycles. The molecule has 0 radical (unpaired) electrons. The molecule has 7 heteroatoms. The van der Waals surface area contributed by atoms with Crippen LogP contribution in [0.4, 0.5) is 10.1 Å². The molecule has 29 heavy (non-hydrogen) atoms. The van der Waals surface area contributed by atoms with E-state index < -0.39 is 0 Å². The number of nitrogens with one attached hydrogen (secondary N) is 3. The molecule has 2 aromatic rings. The van der Waals surface area contributed by atoms with Gasteiger partial charge in [-0.05, 0) is 37.3 Å². The van der Waals surface area contributed by atoms with E-state index in [1.807, 2.05) is 31.2 Å². The van der Waals surface area contributed by atoms with E-state index in [4.69, 9.17) is 9.47 Å². The summed E-state index contributed by atoms with van der Waals surface area (Å²) in [7, 11) is 3.20. The first-order chi connectivity index (χ1) is 14.0. The number of amides is 1. The van der Waals surface area contributed by atoms with Crippen molar-refractivity contribution < 1.29 is 28.5 Å². The van der Waals surface area contributed by atoms with Crippen molar-refractivity contribution in [3.63, 3.8) is 0 Å². The molecule has 1 amide bonds. The topological polar surface area (TPSA) is 56.4 Å². The Balaban J connectivity index is 1.55. The minimum atomic E-state index is -0.244. The Labute approximate surface area is 171 Å². The summed E-state index contributed by atoms with van der Waals surface area (Å²) >= 11 is 0. The highest BCUT2D eigenvalue weighted by molar-refractivity contribution is 5.94. The van der Waals surface area contributed by atoms with Crippen molar-refractivity contribution in [1.82, 2.24) is 0 Å². The van der Waals surface area contributed by atoms with Gasteiger partial charge in [-0.15, -0.1) is 0 Å². The molecule has 0 spiro atoms. The van der Waals surface area contributed by atoms with Gasteiger partial charge in [0.2, 0.25) is 0 Å². The van der Waals surface area contributed by atoms with Crippen LogP contribution in [0.2, 0.25) is 0 Å². The van der Waals surface area contributed by atoms with Gasteiger partial charge in [0.15, 0.2) is 6.04 Å². The van der Waals surface area contributed by atoms with Crippen molar-refractivity contribution in [2.45, 2.75) is 19.5 Å². The highest BCUT2D eigenvalue weighted by atomic mass is 19.1. The van der Waals surface area contributed by atoms with Crippen LogP contribution in [0.25, 0.3) is 0 Å². The molecule has 0 saturated carbocycles. The summed E-state index contributed by atoms with van der Waals surface area (Å²) in [4.78, 5) is 15.3. The van der Waals surface area contributed by atoms with E-state index in [2.05, 4.69) is 5.32 Å². The fourth-order valence-corrected chi connectivity index (χ4v) is 3.86. The Bertz CT molecular complexity index is 838. The zero-order valence-electron chi connectivity index (χ0n) is 17.3. The molecule has 1 atom stereocenters. The number of benzene rings is 2. The van der Waals surface area contributed by atoms with Gasteiger partial charge in [0.05, 0.1) is 25.5 Å². The summed E-state index contributed by atoms with van der Waals surface area (Å²) in [6.07, 6.45) is 0. The molecule has 0 aromatic heterocycles. The maximum absolute atomic E-state index is 13.6. The summed E-state index contributed by atoms with van der Waals surface area (Å²) in [5, 5.41) is 2.98. The van der Waals surface area contributed by atoms with Crippen molar-refractivity contribution in [3.8, 4) is 11.5 Å². The fraction of sp³-hybridized carbons (Fsp3) is 0.409. The second kappa shape index (κ2) is 9.71. The van der Waals surface area contributed by atoms with E-state index in [0.29, 0.717) is 11.4 Å². The average Bonchev–Trinajstić information content (AvgIpc) is 2.74. The third-order valence-electron chi connectivity index (χ3n) is 5.65. The first-order valence-corrected chi connectivity index (χ1v) is 9.96. The summed E-state index contributed by atoms with van der Waals surface area (Å²) in [6.45, 7) is 6.28. The van der Waals surface area contributed by atoms with Gasteiger partial charge in [-0.2, -0.15) is 0 Å². The Kier molecular flexibility index (Phi) is 7.06. The van der Waals surface area contributed by atoms with Gasteiger partial charge in [0.25, 0.3) is 5.91 Å². The number of rotatable bonds is 7. The number of ether oxygens (including phenoxy) is 2. The van der Waals surface area contributed by atoms with Crippen LogP contribution in [0.1, 0.15) is 12.5 Å². The summed E-state index contributed by atoms with van der Waals surface area (Å²) in [5.41, 5.74) is 1.57. The Morgan fingerprint density at radius 2 is 1.76 bits per heavy atom. The molecule has 3 rings (SSSR count). The smallest absolute Gasteiger partial charge is 0.282 e. The molecule has 6 nitrogen and oxygen atoms in total. The van der Waals surface area contributed by atoms with Crippen LogP contribution < -0.4 is 24.6 Å². The lowest BCUT2D eigenvalue weighted by atomic mass is 10.1. The molecule has 1 fully saturated rings. The van der Waals surface area contributed by atoms with Gasteiger partial charge in [-0.1, -0.05) is 12.1 Å². The molecule has 1 aliphatic heterocycles. The second-order valence-electron chi connectivity index (χ2n) is 7.45. The number of hydrogen-bond donors (Lipinski definition) is 3. The van der Waals surface area contributed by atoms with Crippen LogP contribution in [0, 0.1) is 5.82 Å². The van der Waals surface area contributed by atoms with Gasteiger partial charge in [-0.3, -0.25) is 4.79 Å². The molecule has 3 N–H and O–H groups in total. The fourth-order valence-electron chi connectivity index (χ4n) is 3.86. The number of halogens is 1. The first-order valence-electron chi connectivity index (χ1n) is 9.96. The minimum absolute atomic E-state index is 0.0141. The lowest BCUT2D eigenvalue weighted by Gasteiger charge is -2.32. The Morgan fingerprint density at radius 3 is 2.45 bits per heavy atom. The highest BCUT2D eigenvalue weighted by Crippen LogP contribution is 2.23. The van der Waals surface area contributed by atoms with Gasteiger partial charge in [-0.25, -0.2) is 4.39 Å². The van der Waals surface area contributed by atoms with E-state index in [0.717, 1.165) is 44.0 Å². The summed E-state index contributed by atoms with van der Waals surface area (Å²) in [6, 6.07) is 11.9. The third-order valence-corrected chi connectivity index (χ3v) is 5.65. The summed E-state index contributed by atoms with van der Waals surface area (Å²) < 4.78 is 24.3. The number of methoxy groups -OCH3 is 2. The number of para-hydroxylation sites is 2. The van der Waals surface area contributed by atoms with E-state index in [1.54, 1.807) is 26.4 Å². The SMILES string of the molecule is COc1ccc(F)cc1C[NH+]1CC[NH+]([C@H](C)C(=O)Nc2ccccc2OC)CC1. The van der Waals surface area contributed by atoms with Crippen molar-refractivity contribution in [2.75, 3.05) is 45.7 Å². The summed E-state index contributed by atoms with van der Waals surface area (Å²) in [5.74, 6) is 1.12. The second-order valence-corrected chi connectivity index (χ2v) is 7.45. The molecule has 0 aliphatic carbocycles. The molecule has 0 bridgehead atoms. The number of piperazine rings is 1. The molecule has 1 saturated heterocycles. The molecular formula is C22H30FN3O3+2. The van der Waals surface area contributed by atoms with E-state index >= 15 is 0 Å². The van der Waals surface area contributed by atoms with Crippen molar-refractivity contribution in [1.29, 1.82) is 0 Å². The van der Waals surface area contributed by atoms with Crippen LogP contribution in [-0.4, -0.2) is 52.3 Å². The van der Waals surface area contributed by atoms with Crippen molar-refractivity contribution >= 4 is 11.6 Å². The largest absolute Gasteiger partial charge is 0.496 e. The van der Waals surface area contributed by atoms with E-state index in [-0.39, 0.29) is 17.8 Å². The number of hydrogen-bond acceptors (Lipinski definition) is 3. The number of quaternary nitrogens is 2. The predicted molar refractivity (Wildman–Crippen MR) is 109 cm³/mol. The van der Waals surface area contributed by atoms with Gasteiger partial charge in [0.1, 0.15) is 50.0 Å². The van der Waals surface area contributed by atoms with Crippen LogP contribution >= 0.6 is 0 Å². The maximum atomic E-state index is 13.6. The van der Waals surface area contributed by atoms with Crippen molar-refractivity contribution in [3.05, 3.63) is 53.8 Å². The van der Waals surface area contributed by atoms with Gasteiger partial charge >= 0.3 is 0 Å². The quantitative estimate of drug-likeness (QED) is 0.617. The highest BCUT2D eigenvalue weighted by Gasteiger charge is 2.31. The normalized spacial score (nSPS) is 20.0. The number of carbonyl (C=O) groups excluding carboxylic acids is 1. The Morgan fingerprint density at radius 1 is 1.07 bits per heavy atom. The van der Waals surface area contributed by atoms with Crippen LogP contribution in [0.5, 0.6) is 11.5 Å². The minimum Gasteiger partial charge on any atom is -0.496 e. The molecule has 1 aliphatic rings.